The summed E-state index contributed by atoms with van der Waals surface area (Å²) in [6, 6.07) is 0. The van der Waals surface area contributed by atoms with E-state index in [-0.39, 0.29) is 5.41 Å². The normalized spacial score (nSPS) is 42.3. The second kappa shape index (κ2) is 8.85. The van der Waals surface area contributed by atoms with Gasteiger partial charge in [-0.3, -0.25) is 4.55 Å². The van der Waals surface area contributed by atoms with Crippen LogP contribution in [0.25, 0.3) is 0 Å². The van der Waals surface area contributed by atoms with Gasteiger partial charge in [0, 0.05) is 0 Å². The Morgan fingerprint density at radius 1 is 1.19 bits per heavy atom. The van der Waals surface area contributed by atoms with E-state index >= 15 is 0 Å². The van der Waals surface area contributed by atoms with Gasteiger partial charge < -0.3 is 0 Å². The smallest absolute Gasteiger partial charge is 0.264 e. The van der Waals surface area contributed by atoms with Gasteiger partial charge in [-0.2, -0.15) is 8.42 Å². The van der Waals surface area contributed by atoms with Crippen LogP contribution in [-0.4, -0.2) is 19.1 Å². The summed E-state index contributed by atoms with van der Waals surface area (Å²) in [7, 11) is -4.38. The maximum Gasteiger partial charge on any atom is 0.397 e. The van der Waals surface area contributed by atoms with Gasteiger partial charge in [-0.1, -0.05) is 44.1 Å². The van der Waals surface area contributed by atoms with Crippen LogP contribution >= 0.6 is 0 Å². The van der Waals surface area contributed by atoms with Crippen molar-refractivity contribution in [2.45, 2.75) is 105 Å². The summed E-state index contributed by atoms with van der Waals surface area (Å²) in [4.78, 5) is 0. The molecule has 8 atom stereocenters. The van der Waals surface area contributed by atoms with E-state index in [1.54, 1.807) is 0 Å². The molecule has 4 aliphatic carbocycles. The number of rotatable bonds is 6. The van der Waals surface area contributed by atoms with Gasteiger partial charge in [0.15, 0.2) is 0 Å². The van der Waals surface area contributed by atoms with Crippen LogP contribution in [-0.2, 0) is 14.6 Å². The first kappa shape index (κ1) is 24.5. The fraction of sp³-hybridized carbons (Fsp3) is 0.852. The molecule has 0 radical (unpaired) electrons. The summed E-state index contributed by atoms with van der Waals surface area (Å²) >= 11 is 0. The zero-order chi connectivity index (χ0) is 23.3. The van der Waals surface area contributed by atoms with E-state index in [0.29, 0.717) is 24.2 Å². The molecule has 0 bridgehead atoms. The topological polar surface area (TPSA) is 63.6 Å². The summed E-state index contributed by atoms with van der Waals surface area (Å²) in [5.41, 5.74) is 3.45. The van der Waals surface area contributed by atoms with Crippen molar-refractivity contribution in [2.24, 2.45) is 40.4 Å². The quantitative estimate of drug-likeness (QED) is 0.335. The summed E-state index contributed by atoms with van der Waals surface area (Å²) in [5, 5.41) is 0. The average Bonchev–Trinajstić information content (AvgIpc) is 3.04. The first-order valence-corrected chi connectivity index (χ1v) is 14.3. The van der Waals surface area contributed by atoms with Gasteiger partial charge in [-0.15, -0.1) is 0 Å². The van der Waals surface area contributed by atoms with Gasteiger partial charge in [0.2, 0.25) is 0 Å². The highest BCUT2D eigenvalue weighted by Gasteiger charge is 2.59. The highest BCUT2D eigenvalue weighted by atomic mass is 32.3. The van der Waals surface area contributed by atoms with Crippen LogP contribution in [0.15, 0.2) is 23.3 Å². The molecule has 4 rings (SSSR count). The number of hydrogen-bond acceptors (Lipinski definition) is 3. The molecule has 0 aromatic heterocycles. The lowest BCUT2D eigenvalue weighted by Crippen LogP contribution is -2.51. The third-order valence-corrected chi connectivity index (χ3v) is 10.8. The summed E-state index contributed by atoms with van der Waals surface area (Å²) in [6.45, 7) is 11.9. The minimum absolute atomic E-state index is 0.163. The van der Waals surface area contributed by atoms with Crippen molar-refractivity contribution in [3.63, 3.8) is 0 Å². The average molecular weight is 465 g/mol. The van der Waals surface area contributed by atoms with Crippen LogP contribution in [0.4, 0.5) is 0 Å². The molecule has 182 valence electrons. The Morgan fingerprint density at radius 3 is 2.62 bits per heavy atom. The second-order valence-electron chi connectivity index (χ2n) is 12.2. The van der Waals surface area contributed by atoms with E-state index in [2.05, 4.69) is 46.8 Å². The molecule has 4 aliphatic rings. The van der Waals surface area contributed by atoms with Crippen molar-refractivity contribution >= 4 is 10.4 Å². The Balaban J connectivity index is 1.49. The highest BCUT2D eigenvalue weighted by Crippen LogP contribution is 2.67. The van der Waals surface area contributed by atoms with Gasteiger partial charge in [0.1, 0.15) is 0 Å². The van der Waals surface area contributed by atoms with Gasteiger partial charge in [-0.25, -0.2) is 4.18 Å². The largest absolute Gasteiger partial charge is 0.397 e. The zero-order valence-electron chi connectivity index (χ0n) is 20.8. The Bertz CT molecular complexity index is 870. The number of hydrogen-bond donors (Lipinski definition) is 1. The fourth-order valence-electron chi connectivity index (χ4n) is 8.69. The maximum absolute atomic E-state index is 11.2. The van der Waals surface area contributed by atoms with E-state index in [1.165, 1.54) is 49.7 Å². The molecule has 3 saturated carbocycles. The number of allylic oxidation sites excluding steroid dienone is 3. The number of fused-ring (bicyclic) bond motifs is 5. The van der Waals surface area contributed by atoms with Crippen LogP contribution in [0.2, 0.25) is 0 Å². The Hall–Kier alpha value is -0.650. The predicted molar refractivity (Wildman–Crippen MR) is 129 cm³/mol. The predicted octanol–water partition coefficient (Wildman–Crippen LogP) is 7.14. The minimum atomic E-state index is -4.38. The van der Waals surface area contributed by atoms with Crippen molar-refractivity contribution in [2.75, 3.05) is 0 Å². The molecule has 0 saturated heterocycles. The van der Waals surface area contributed by atoms with Gasteiger partial charge in [-0.05, 0) is 118 Å². The van der Waals surface area contributed by atoms with E-state index in [0.717, 1.165) is 36.5 Å². The highest BCUT2D eigenvalue weighted by molar-refractivity contribution is 7.80. The molecule has 0 aromatic carbocycles. The Labute approximate surface area is 196 Å². The van der Waals surface area contributed by atoms with E-state index in [4.69, 9.17) is 8.74 Å². The van der Waals surface area contributed by atoms with Crippen molar-refractivity contribution in [3.05, 3.63) is 23.3 Å². The standard InChI is InChI=1S/C27H44O4S/c1-18(2)7-6-8-19(3)23-11-12-24-22-10-9-20-17-21(31-32(28,29)30)13-15-26(20,4)25(22)14-16-27(23,24)5/h7,9,19,21-25H,6,8,10-17H2,1-5H3,(H,28,29,30). The third kappa shape index (κ3) is 4.51. The second-order valence-corrected chi connectivity index (χ2v) is 13.3. The molecule has 0 spiro atoms. The molecule has 0 heterocycles. The molecule has 0 aromatic rings. The molecular formula is C27H44O4S. The Kier molecular flexibility index (Phi) is 6.77. The van der Waals surface area contributed by atoms with Crippen LogP contribution < -0.4 is 0 Å². The van der Waals surface area contributed by atoms with Crippen LogP contribution in [0.1, 0.15) is 98.8 Å². The zero-order valence-corrected chi connectivity index (χ0v) is 21.6. The molecule has 0 amide bonds. The first-order valence-electron chi connectivity index (χ1n) is 12.9. The fourth-order valence-corrected chi connectivity index (χ4v) is 9.20. The molecule has 0 aliphatic heterocycles. The molecule has 1 N–H and O–H groups in total. The molecule has 5 heteroatoms. The van der Waals surface area contributed by atoms with E-state index in [1.807, 2.05) is 0 Å². The van der Waals surface area contributed by atoms with Gasteiger partial charge >= 0.3 is 10.4 Å². The molecular weight excluding hydrogens is 420 g/mol. The van der Waals surface area contributed by atoms with Crippen molar-refractivity contribution in [1.29, 1.82) is 0 Å². The van der Waals surface area contributed by atoms with E-state index < -0.39 is 16.5 Å². The lowest BCUT2D eigenvalue weighted by molar-refractivity contribution is -0.0558. The van der Waals surface area contributed by atoms with Crippen molar-refractivity contribution < 1.29 is 17.2 Å². The van der Waals surface area contributed by atoms with Crippen molar-refractivity contribution in [3.8, 4) is 0 Å². The van der Waals surface area contributed by atoms with Crippen LogP contribution in [0.5, 0.6) is 0 Å². The molecule has 4 nitrogen and oxygen atoms in total. The third-order valence-electron chi connectivity index (χ3n) is 10.3. The van der Waals surface area contributed by atoms with Gasteiger partial charge in [0.25, 0.3) is 0 Å². The lowest BCUT2D eigenvalue weighted by atomic mass is 9.47. The van der Waals surface area contributed by atoms with E-state index in [9.17, 15) is 8.42 Å². The monoisotopic (exact) mass is 464 g/mol. The minimum Gasteiger partial charge on any atom is -0.264 e. The molecule has 8 unspecified atom stereocenters. The lowest BCUT2D eigenvalue weighted by Gasteiger charge is -2.58. The maximum atomic E-state index is 11.2. The first-order chi connectivity index (χ1) is 14.9. The molecule has 3 fully saturated rings. The van der Waals surface area contributed by atoms with Crippen molar-refractivity contribution in [1.82, 2.24) is 0 Å². The Morgan fingerprint density at radius 2 is 1.94 bits per heavy atom. The van der Waals surface area contributed by atoms with Crippen LogP contribution in [0, 0.1) is 40.4 Å². The summed E-state index contributed by atoms with van der Waals surface area (Å²) in [6.07, 6.45) is 15.8. The summed E-state index contributed by atoms with van der Waals surface area (Å²) in [5.74, 6) is 3.91. The SMILES string of the molecule is CC(C)=CCCC(C)C1CCC2C3CC=C4CC(OS(=O)(=O)O)CCC4(C)C3CCC12C. The van der Waals surface area contributed by atoms with Crippen LogP contribution in [0.3, 0.4) is 0 Å². The molecule has 32 heavy (non-hydrogen) atoms. The summed E-state index contributed by atoms with van der Waals surface area (Å²) < 4.78 is 36.5. The van der Waals surface area contributed by atoms with Gasteiger partial charge in [0.05, 0.1) is 6.10 Å².